The maximum atomic E-state index is 13.8. The highest BCUT2D eigenvalue weighted by Gasteiger charge is 2.39. The van der Waals surface area contributed by atoms with E-state index < -0.39 is 58.9 Å². The fourth-order valence-electron chi connectivity index (χ4n) is 6.35. The Labute approximate surface area is 323 Å². The first-order valence-electron chi connectivity index (χ1n) is 18.5. The number of carbonyl (C=O) groups is 6. The van der Waals surface area contributed by atoms with E-state index in [0.29, 0.717) is 31.5 Å². The lowest BCUT2D eigenvalue weighted by Crippen LogP contribution is -2.54. The van der Waals surface area contributed by atoms with Gasteiger partial charge in [0.1, 0.15) is 23.3 Å². The second kappa shape index (κ2) is 18.2. The predicted molar refractivity (Wildman–Crippen MR) is 207 cm³/mol. The largest absolute Gasteiger partial charge is 0.465 e. The van der Waals surface area contributed by atoms with Crippen LogP contribution >= 0.6 is 0 Å². The van der Waals surface area contributed by atoms with Gasteiger partial charge in [0.05, 0.1) is 12.7 Å². The van der Waals surface area contributed by atoms with Crippen LogP contribution in [0.4, 0.5) is 0 Å². The summed E-state index contributed by atoms with van der Waals surface area (Å²) in [5, 5.41) is 5.54. The molecule has 0 aliphatic carbocycles. The van der Waals surface area contributed by atoms with Gasteiger partial charge in [0.15, 0.2) is 5.92 Å². The van der Waals surface area contributed by atoms with E-state index in [2.05, 4.69) is 10.6 Å². The number of esters is 3. The van der Waals surface area contributed by atoms with Crippen LogP contribution in [0.15, 0.2) is 72.8 Å². The number of nitrogens with one attached hydrogen (secondary N) is 2. The number of carbonyl (C=O) groups excluding carboxylic acids is 6. The van der Waals surface area contributed by atoms with Gasteiger partial charge in [0, 0.05) is 26.4 Å². The zero-order valence-electron chi connectivity index (χ0n) is 33.0. The van der Waals surface area contributed by atoms with Crippen molar-refractivity contribution in [2.75, 3.05) is 13.7 Å². The SMILES string of the molecule is COC(=O)c1cc(CC(NC(C)=O)C(=O)N[C@H]2CCCCN(Cc3ccc(-c4ccccc4)cc3)C2=O)ccc1C(C(=O)OC(C)(C)C)C(=O)OC(C)(C)C. The maximum Gasteiger partial charge on any atom is 0.338 e. The van der Waals surface area contributed by atoms with E-state index in [1.165, 1.54) is 19.1 Å². The highest BCUT2D eigenvalue weighted by atomic mass is 16.6. The predicted octanol–water partition coefficient (Wildman–Crippen LogP) is 5.65. The highest BCUT2D eigenvalue weighted by Crippen LogP contribution is 2.29. The van der Waals surface area contributed by atoms with Crippen LogP contribution in [0, 0.1) is 0 Å². The number of ether oxygens (including phenoxy) is 3. The normalized spacial score (nSPS) is 15.4. The van der Waals surface area contributed by atoms with Gasteiger partial charge in [-0.3, -0.25) is 24.0 Å². The minimum Gasteiger partial charge on any atom is -0.465 e. The minimum atomic E-state index is -1.62. The molecule has 1 unspecified atom stereocenters. The lowest BCUT2D eigenvalue weighted by Gasteiger charge is -2.27. The summed E-state index contributed by atoms with van der Waals surface area (Å²) in [4.78, 5) is 81.8. The van der Waals surface area contributed by atoms with E-state index in [-0.39, 0.29) is 23.5 Å². The molecular formula is C43H53N3O9. The molecule has 4 rings (SSSR count). The Morgan fingerprint density at radius 3 is 1.95 bits per heavy atom. The lowest BCUT2D eigenvalue weighted by molar-refractivity contribution is -0.169. The summed E-state index contributed by atoms with van der Waals surface area (Å²) in [5.41, 5.74) is 1.52. The second-order valence-electron chi connectivity index (χ2n) is 15.8. The number of amides is 3. The summed E-state index contributed by atoms with van der Waals surface area (Å²) in [6, 6.07) is 20.5. The van der Waals surface area contributed by atoms with Crippen LogP contribution in [-0.4, -0.2) is 77.5 Å². The molecule has 3 amide bonds. The maximum absolute atomic E-state index is 13.8. The van der Waals surface area contributed by atoms with Crippen molar-refractivity contribution >= 4 is 35.6 Å². The van der Waals surface area contributed by atoms with Gasteiger partial charge in [-0.15, -0.1) is 0 Å². The van der Waals surface area contributed by atoms with Crippen molar-refractivity contribution in [3.05, 3.63) is 95.1 Å². The Balaban J connectivity index is 1.56. The van der Waals surface area contributed by atoms with Gasteiger partial charge in [-0.25, -0.2) is 4.79 Å². The van der Waals surface area contributed by atoms with Gasteiger partial charge in [0.25, 0.3) is 0 Å². The first-order chi connectivity index (χ1) is 25.8. The van der Waals surface area contributed by atoms with Gasteiger partial charge >= 0.3 is 17.9 Å². The van der Waals surface area contributed by atoms with E-state index in [1.807, 2.05) is 54.6 Å². The summed E-state index contributed by atoms with van der Waals surface area (Å²) in [5.74, 6) is -5.56. The molecule has 0 bridgehead atoms. The van der Waals surface area contributed by atoms with Crippen LogP contribution in [0.5, 0.6) is 0 Å². The van der Waals surface area contributed by atoms with Crippen molar-refractivity contribution in [2.24, 2.45) is 0 Å². The molecule has 3 aromatic carbocycles. The van der Waals surface area contributed by atoms with Crippen molar-refractivity contribution in [3.8, 4) is 11.1 Å². The molecule has 12 heteroatoms. The standard InChI is InChI=1S/C43H53N3O9/c1-27(47)44-35(25-29-19-22-32(33(24-29)39(50)53-8)36(40(51)54-42(2,3)4)41(52)55-43(5,6)7)37(48)45-34-16-12-13-23-46(38(34)49)26-28-17-20-31(21-18-28)30-14-10-9-11-15-30/h9-11,14-15,17-22,24,34-36H,12-13,16,23,25-26H2,1-8H3,(H,44,47)(H,45,48)/t34-,35?/m0/s1. The van der Waals surface area contributed by atoms with Crippen LogP contribution in [-0.2, 0) is 51.1 Å². The molecule has 294 valence electrons. The number of hydrogen-bond donors (Lipinski definition) is 2. The number of nitrogens with zero attached hydrogens (tertiary/aromatic N) is 1. The topological polar surface area (TPSA) is 157 Å². The molecule has 12 nitrogen and oxygen atoms in total. The van der Waals surface area contributed by atoms with Crippen molar-refractivity contribution in [1.82, 2.24) is 15.5 Å². The number of rotatable bonds is 12. The molecule has 0 aromatic heterocycles. The van der Waals surface area contributed by atoms with E-state index in [9.17, 15) is 28.8 Å². The number of benzene rings is 3. The third-order valence-electron chi connectivity index (χ3n) is 8.78. The Morgan fingerprint density at radius 2 is 1.38 bits per heavy atom. The average molecular weight is 756 g/mol. The van der Waals surface area contributed by atoms with Gasteiger partial charge in [-0.05, 0) is 94.7 Å². The second-order valence-corrected chi connectivity index (χ2v) is 15.8. The van der Waals surface area contributed by atoms with Gasteiger partial charge in [0.2, 0.25) is 17.7 Å². The van der Waals surface area contributed by atoms with E-state index in [1.54, 1.807) is 52.5 Å². The van der Waals surface area contributed by atoms with Crippen LogP contribution in [0.1, 0.15) is 101 Å². The van der Waals surface area contributed by atoms with Gasteiger partial charge in [-0.2, -0.15) is 0 Å². The highest BCUT2D eigenvalue weighted by molar-refractivity contribution is 6.04. The fraction of sp³-hybridized carbons (Fsp3) is 0.442. The summed E-state index contributed by atoms with van der Waals surface area (Å²) in [7, 11) is 1.16. The summed E-state index contributed by atoms with van der Waals surface area (Å²) >= 11 is 0. The molecule has 55 heavy (non-hydrogen) atoms. The molecule has 1 saturated heterocycles. The molecular weight excluding hydrogens is 702 g/mol. The van der Waals surface area contributed by atoms with E-state index in [0.717, 1.165) is 30.2 Å². The van der Waals surface area contributed by atoms with Crippen molar-refractivity contribution < 1.29 is 43.0 Å². The Morgan fingerprint density at radius 1 is 0.800 bits per heavy atom. The minimum absolute atomic E-state index is 0.00141. The molecule has 0 spiro atoms. The van der Waals surface area contributed by atoms with Crippen LogP contribution < -0.4 is 10.6 Å². The van der Waals surface area contributed by atoms with Crippen LogP contribution in [0.25, 0.3) is 11.1 Å². The first kappa shape index (κ1) is 42.2. The molecule has 1 aliphatic heterocycles. The van der Waals surface area contributed by atoms with Crippen LogP contribution in [0.2, 0.25) is 0 Å². The van der Waals surface area contributed by atoms with Crippen molar-refractivity contribution in [3.63, 3.8) is 0 Å². The lowest BCUT2D eigenvalue weighted by atomic mass is 9.90. The summed E-state index contributed by atoms with van der Waals surface area (Å²) < 4.78 is 16.1. The number of likely N-dealkylation sites (tertiary alicyclic amines) is 1. The van der Waals surface area contributed by atoms with Crippen molar-refractivity contribution in [1.29, 1.82) is 0 Å². The summed E-state index contributed by atoms with van der Waals surface area (Å²) in [6.07, 6.45) is 1.83. The summed E-state index contributed by atoms with van der Waals surface area (Å²) in [6.45, 7) is 12.1. The van der Waals surface area contributed by atoms with E-state index >= 15 is 0 Å². The molecule has 0 saturated carbocycles. The molecule has 1 heterocycles. The number of methoxy groups -OCH3 is 1. The Bertz CT molecular complexity index is 1830. The van der Waals surface area contributed by atoms with Crippen molar-refractivity contribution in [2.45, 2.75) is 110 Å². The molecule has 1 fully saturated rings. The molecule has 2 atom stereocenters. The Kier molecular flexibility index (Phi) is 14.0. The molecule has 3 aromatic rings. The molecule has 1 aliphatic rings. The zero-order valence-corrected chi connectivity index (χ0v) is 33.0. The first-order valence-corrected chi connectivity index (χ1v) is 18.5. The van der Waals surface area contributed by atoms with Gasteiger partial charge in [-0.1, -0.05) is 66.7 Å². The van der Waals surface area contributed by atoms with Gasteiger partial charge < -0.3 is 29.7 Å². The van der Waals surface area contributed by atoms with Crippen LogP contribution in [0.3, 0.4) is 0 Å². The Hall–Kier alpha value is -5.52. The third-order valence-corrected chi connectivity index (χ3v) is 8.78. The quantitative estimate of drug-likeness (QED) is 0.135. The zero-order chi connectivity index (χ0) is 40.5. The number of hydrogen-bond acceptors (Lipinski definition) is 9. The molecule has 2 N–H and O–H groups in total. The smallest absolute Gasteiger partial charge is 0.338 e. The third kappa shape index (κ3) is 12.2. The fourth-order valence-corrected chi connectivity index (χ4v) is 6.35. The average Bonchev–Trinajstić information content (AvgIpc) is 3.27. The monoisotopic (exact) mass is 755 g/mol. The van der Waals surface area contributed by atoms with E-state index in [4.69, 9.17) is 14.2 Å². The molecule has 0 radical (unpaired) electrons.